The predicted octanol–water partition coefficient (Wildman–Crippen LogP) is 4.95. The number of nitrogens with one attached hydrogen (secondary N) is 1. The summed E-state index contributed by atoms with van der Waals surface area (Å²) in [7, 11) is 1.78. The molecule has 120 valence electrons. The lowest BCUT2D eigenvalue weighted by atomic mass is 9.99. The highest BCUT2D eigenvalue weighted by Crippen LogP contribution is 2.45. The van der Waals surface area contributed by atoms with Crippen LogP contribution in [-0.2, 0) is 0 Å². The van der Waals surface area contributed by atoms with E-state index in [-0.39, 0.29) is 0 Å². The van der Waals surface area contributed by atoms with Crippen LogP contribution in [0.3, 0.4) is 0 Å². The molecule has 0 spiro atoms. The van der Waals surface area contributed by atoms with Crippen molar-refractivity contribution in [3.8, 4) is 33.8 Å². The highest BCUT2D eigenvalue weighted by Gasteiger charge is 2.26. The molecule has 0 radical (unpaired) electrons. The fourth-order valence-electron chi connectivity index (χ4n) is 2.83. The van der Waals surface area contributed by atoms with Gasteiger partial charge >= 0.3 is 6.41 Å². The summed E-state index contributed by atoms with van der Waals surface area (Å²) in [5.74, 6) is 1.37. The summed E-state index contributed by atoms with van der Waals surface area (Å²) in [5.41, 5.74) is 4.32. The third-order valence-corrected chi connectivity index (χ3v) is 4.24. The van der Waals surface area contributed by atoms with Crippen molar-refractivity contribution in [1.82, 2.24) is 5.32 Å². The number of ether oxygens (including phenoxy) is 2. The van der Waals surface area contributed by atoms with Gasteiger partial charge in [-0.25, -0.2) is 0 Å². The van der Waals surface area contributed by atoms with E-state index >= 15 is 0 Å². The first kappa shape index (κ1) is 15.1. The number of fused-ring (bicyclic) bond motifs is 1. The molecule has 0 bridgehead atoms. The summed E-state index contributed by atoms with van der Waals surface area (Å²) < 4.78 is 11.5. The molecule has 24 heavy (non-hydrogen) atoms. The van der Waals surface area contributed by atoms with Crippen LogP contribution < -0.4 is 14.8 Å². The third kappa shape index (κ3) is 2.73. The van der Waals surface area contributed by atoms with Crippen LogP contribution in [0.1, 0.15) is 0 Å². The summed E-state index contributed by atoms with van der Waals surface area (Å²) in [4.78, 5) is 0. The minimum Gasteiger partial charge on any atom is -0.438 e. The molecule has 3 nitrogen and oxygen atoms in total. The SMILES string of the molecule is CNC1Oc2cc(Cl)cc(-c3ccc(-c4ccccc4)cc3)c2O1. The van der Waals surface area contributed by atoms with Crippen molar-refractivity contribution >= 4 is 11.6 Å². The molecule has 1 heterocycles. The van der Waals surface area contributed by atoms with E-state index in [1.165, 1.54) is 11.1 Å². The quantitative estimate of drug-likeness (QED) is 0.733. The van der Waals surface area contributed by atoms with Gasteiger partial charge in [-0.3, -0.25) is 5.32 Å². The van der Waals surface area contributed by atoms with Crippen molar-refractivity contribution in [2.45, 2.75) is 6.41 Å². The molecule has 0 saturated carbocycles. The number of hydrogen-bond acceptors (Lipinski definition) is 3. The van der Waals surface area contributed by atoms with Gasteiger partial charge in [0.05, 0.1) is 0 Å². The molecule has 4 rings (SSSR count). The van der Waals surface area contributed by atoms with E-state index in [9.17, 15) is 0 Å². The number of rotatable bonds is 3. The minimum atomic E-state index is -0.485. The van der Waals surface area contributed by atoms with Gasteiger partial charge in [-0.05, 0) is 29.8 Å². The van der Waals surface area contributed by atoms with Crippen LogP contribution >= 0.6 is 11.6 Å². The second-order valence-electron chi connectivity index (χ2n) is 5.58. The molecule has 4 heteroatoms. The Balaban J connectivity index is 1.73. The summed E-state index contributed by atoms with van der Waals surface area (Å²) >= 11 is 6.24. The maximum atomic E-state index is 6.24. The largest absolute Gasteiger partial charge is 0.438 e. The lowest BCUT2D eigenvalue weighted by Gasteiger charge is -2.09. The maximum absolute atomic E-state index is 6.24. The van der Waals surface area contributed by atoms with Gasteiger partial charge in [0.2, 0.25) is 0 Å². The zero-order valence-electron chi connectivity index (χ0n) is 13.1. The Labute approximate surface area is 145 Å². The molecule has 0 aromatic heterocycles. The zero-order chi connectivity index (χ0) is 16.5. The van der Waals surface area contributed by atoms with Crippen molar-refractivity contribution < 1.29 is 9.47 Å². The molecular formula is C20H16ClNO2. The van der Waals surface area contributed by atoms with E-state index in [0.29, 0.717) is 16.5 Å². The van der Waals surface area contributed by atoms with Crippen LogP contribution in [0, 0.1) is 0 Å². The standard InChI is InChI=1S/C20H16ClNO2/c1-22-20-23-18-12-16(21)11-17(19(18)24-20)15-9-7-14(8-10-15)13-5-3-2-4-6-13/h2-12,20,22H,1H3. The van der Waals surface area contributed by atoms with E-state index in [4.69, 9.17) is 21.1 Å². The molecule has 1 N–H and O–H groups in total. The highest BCUT2D eigenvalue weighted by molar-refractivity contribution is 6.31. The Bertz CT molecular complexity index is 863. The average Bonchev–Trinajstić information content (AvgIpc) is 3.05. The normalized spacial score (nSPS) is 15.5. The van der Waals surface area contributed by atoms with Gasteiger partial charge in [0, 0.05) is 16.7 Å². The van der Waals surface area contributed by atoms with Crippen molar-refractivity contribution in [2.75, 3.05) is 7.05 Å². The fraction of sp³-hybridized carbons (Fsp3) is 0.100. The van der Waals surface area contributed by atoms with E-state index in [2.05, 4.69) is 41.7 Å². The Hall–Kier alpha value is -2.49. The van der Waals surface area contributed by atoms with Crippen molar-refractivity contribution in [3.63, 3.8) is 0 Å². The maximum Gasteiger partial charge on any atom is 0.302 e. The van der Waals surface area contributed by atoms with Gasteiger partial charge in [-0.15, -0.1) is 0 Å². The molecule has 1 aliphatic rings. The molecule has 1 aliphatic heterocycles. The van der Waals surface area contributed by atoms with Gasteiger partial charge in [0.1, 0.15) is 0 Å². The Morgan fingerprint density at radius 3 is 2.21 bits per heavy atom. The topological polar surface area (TPSA) is 30.5 Å². The summed E-state index contributed by atoms with van der Waals surface area (Å²) in [5, 5.41) is 3.57. The van der Waals surface area contributed by atoms with E-state index in [0.717, 1.165) is 11.1 Å². The van der Waals surface area contributed by atoms with Gasteiger partial charge in [0.15, 0.2) is 11.5 Å². The molecule has 1 atom stereocenters. The van der Waals surface area contributed by atoms with E-state index < -0.39 is 6.41 Å². The fourth-order valence-corrected chi connectivity index (χ4v) is 3.04. The number of halogens is 1. The first-order chi connectivity index (χ1) is 11.7. The zero-order valence-corrected chi connectivity index (χ0v) is 13.9. The monoisotopic (exact) mass is 337 g/mol. The highest BCUT2D eigenvalue weighted by atomic mass is 35.5. The van der Waals surface area contributed by atoms with Gasteiger partial charge in [-0.1, -0.05) is 66.2 Å². The summed E-state index contributed by atoms with van der Waals surface area (Å²) in [6, 6.07) is 22.3. The van der Waals surface area contributed by atoms with Crippen molar-refractivity contribution in [1.29, 1.82) is 0 Å². The van der Waals surface area contributed by atoms with Crippen molar-refractivity contribution in [3.05, 3.63) is 71.8 Å². The Morgan fingerprint density at radius 2 is 1.50 bits per heavy atom. The number of benzene rings is 3. The van der Waals surface area contributed by atoms with Crippen LogP contribution in [0.4, 0.5) is 0 Å². The summed E-state index contributed by atoms with van der Waals surface area (Å²) in [6.45, 7) is 0. The smallest absolute Gasteiger partial charge is 0.302 e. The lowest BCUT2D eigenvalue weighted by molar-refractivity contribution is 0.0257. The second-order valence-corrected chi connectivity index (χ2v) is 6.02. The molecule has 0 aliphatic carbocycles. The van der Waals surface area contributed by atoms with Crippen molar-refractivity contribution in [2.24, 2.45) is 0 Å². The van der Waals surface area contributed by atoms with E-state index in [1.54, 1.807) is 13.1 Å². The third-order valence-electron chi connectivity index (χ3n) is 4.02. The van der Waals surface area contributed by atoms with E-state index in [1.807, 2.05) is 24.3 Å². The van der Waals surface area contributed by atoms with Crippen LogP contribution in [0.25, 0.3) is 22.3 Å². The molecular weight excluding hydrogens is 322 g/mol. The summed E-state index contributed by atoms with van der Waals surface area (Å²) in [6.07, 6.45) is -0.485. The molecule has 3 aromatic rings. The van der Waals surface area contributed by atoms with Gasteiger partial charge < -0.3 is 9.47 Å². The molecule has 3 aromatic carbocycles. The first-order valence-electron chi connectivity index (χ1n) is 7.74. The van der Waals surface area contributed by atoms with Crippen LogP contribution in [0.5, 0.6) is 11.5 Å². The Morgan fingerprint density at radius 1 is 0.833 bits per heavy atom. The van der Waals surface area contributed by atoms with Crippen LogP contribution in [0.15, 0.2) is 66.7 Å². The van der Waals surface area contributed by atoms with Crippen LogP contribution in [-0.4, -0.2) is 13.5 Å². The second kappa shape index (κ2) is 6.19. The predicted molar refractivity (Wildman–Crippen MR) is 96.4 cm³/mol. The lowest BCUT2D eigenvalue weighted by Crippen LogP contribution is -2.32. The number of hydrogen-bond donors (Lipinski definition) is 1. The van der Waals surface area contributed by atoms with Gasteiger partial charge in [0.25, 0.3) is 0 Å². The molecule has 0 amide bonds. The Kier molecular flexibility index (Phi) is 3.89. The van der Waals surface area contributed by atoms with Crippen LogP contribution in [0.2, 0.25) is 5.02 Å². The minimum absolute atomic E-state index is 0.485. The molecule has 0 saturated heterocycles. The first-order valence-corrected chi connectivity index (χ1v) is 8.12. The van der Waals surface area contributed by atoms with Gasteiger partial charge in [-0.2, -0.15) is 0 Å². The molecule has 1 unspecified atom stereocenters. The average molecular weight is 338 g/mol. The molecule has 0 fully saturated rings.